The van der Waals surface area contributed by atoms with E-state index >= 15 is 0 Å². The van der Waals surface area contributed by atoms with Gasteiger partial charge in [0.25, 0.3) is 0 Å². The van der Waals surface area contributed by atoms with E-state index < -0.39 is 0 Å². The number of hydrogen-bond acceptors (Lipinski definition) is 2. The van der Waals surface area contributed by atoms with Crippen molar-refractivity contribution < 1.29 is 0 Å². The first-order valence-corrected chi connectivity index (χ1v) is 5.61. The molecule has 0 saturated carbocycles. The van der Waals surface area contributed by atoms with Crippen LogP contribution in [0.3, 0.4) is 0 Å². The molecule has 0 radical (unpaired) electrons. The van der Waals surface area contributed by atoms with Gasteiger partial charge in [0.15, 0.2) is 5.65 Å². The Morgan fingerprint density at radius 1 is 1.11 bits per heavy atom. The lowest BCUT2D eigenvalue weighted by atomic mass is 10.2. The maximum Gasteiger partial charge on any atom is 0.160 e. The summed E-state index contributed by atoms with van der Waals surface area (Å²) in [5.41, 5.74) is 9.23. The number of hydrogen-bond donors (Lipinski definition) is 1. The summed E-state index contributed by atoms with van der Waals surface area (Å²) in [5, 5.41) is 0.719. The van der Waals surface area contributed by atoms with E-state index in [9.17, 15) is 0 Å². The molecule has 0 saturated heterocycles. The summed E-state index contributed by atoms with van der Waals surface area (Å²) in [5.74, 6) is 0. The largest absolute Gasteiger partial charge is 0.396 e. The minimum absolute atomic E-state index is 0. The number of anilines is 1. The lowest BCUT2D eigenvalue weighted by Gasteiger charge is -1.95. The third-order valence-electron chi connectivity index (χ3n) is 2.65. The van der Waals surface area contributed by atoms with Gasteiger partial charge >= 0.3 is 0 Å². The predicted octanol–water partition coefficient (Wildman–Crippen LogP) is 3.81. The summed E-state index contributed by atoms with van der Waals surface area (Å²) >= 11 is 5.86. The third-order valence-corrected chi connectivity index (χ3v) is 2.90. The lowest BCUT2D eigenvalue weighted by Crippen LogP contribution is -1.90. The zero-order chi connectivity index (χ0) is 11.8. The van der Waals surface area contributed by atoms with Crippen LogP contribution in [0.25, 0.3) is 16.9 Å². The summed E-state index contributed by atoms with van der Waals surface area (Å²) in [6.07, 6.45) is 3.88. The Morgan fingerprint density at radius 2 is 1.83 bits per heavy atom. The standard InChI is InChI=1S/C13H10ClN3.BrH/c14-10-5-3-9(4-6-10)12-8-17-7-1-2-11(15)13(17)16-12;/h1-8H,15H2;1H. The van der Waals surface area contributed by atoms with Gasteiger partial charge in [0.1, 0.15) is 0 Å². The number of rotatable bonds is 1. The van der Waals surface area contributed by atoms with Crippen LogP contribution in [0.4, 0.5) is 5.69 Å². The highest BCUT2D eigenvalue weighted by Gasteiger charge is 2.05. The van der Waals surface area contributed by atoms with E-state index in [-0.39, 0.29) is 17.0 Å². The second kappa shape index (κ2) is 5.00. The summed E-state index contributed by atoms with van der Waals surface area (Å²) in [4.78, 5) is 4.51. The normalized spacial score (nSPS) is 10.3. The molecule has 3 nitrogen and oxygen atoms in total. The number of nitrogen functional groups attached to an aromatic ring is 1. The van der Waals surface area contributed by atoms with E-state index in [4.69, 9.17) is 17.3 Å². The quantitative estimate of drug-likeness (QED) is 0.739. The topological polar surface area (TPSA) is 43.3 Å². The second-order valence-electron chi connectivity index (χ2n) is 3.83. The molecular formula is C13H11BrClN3. The SMILES string of the molecule is Br.Nc1cccn2cc(-c3ccc(Cl)cc3)nc12. The van der Waals surface area contributed by atoms with Crippen molar-refractivity contribution in [3.8, 4) is 11.3 Å². The van der Waals surface area contributed by atoms with E-state index in [0.29, 0.717) is 5.69 Å². The Balaban J connectivity index is 0.00000120. The fourth-order valence-electron chi connectivity index (χ4n) is 1.79. The van der Waals surface area contributed by atoms with Crippen molar-refractivity contribution in [3.63, 3.8) is 0 Å². The van der Waals surface area contributed by atoms with E-state index in [1.807, 2.05) is 53.2 Å². The van der Waals surface area contributed by atoms with Crippen LogP contribution in [-0.4, -0.2) is 9.38 Å². The Bertz CT molecular complexity index is 676. The first-order chi connectivity index (χ1) is 8.24. The molecule has 0 amide bonds. The van der Waals surface area contributed by atoms with Crippen LogP contribution >= 0.6 is 28.6 Å². The average Bonchev–Trinajstić information content (AvgIpc) is 2.75. The first-order valence-electron chi connectivity index (χ1n) is 5.23. The smallest absolute Gasteiger partial charge is 0.160 e. The van der Waals surface area contributed by atoms with Gasteiger partial charge in [0.05, 0.1) is 11.4 Å². The van der Waals surface area contributed by atoms with Gasteiger partial charge in [-0.25, -0.2) is 4.98 Å². The first kappa shape index (κ1) is 12.9. The number of nitrogens with two attached hydrogens (primary N) is 1. The molecule has 2 aromatic heterocycles. The molecule has 0 unspecified atom stereocenters. The van der Waals surface area contributed by atoms with Crippen molar-refractivity contribution in [2.45, 2.75) is 0 Å². The van der Waals surface area contributed by atoms with Gasteiger partial charge in [-0.05, 0) is 24.3 Å². The van der Waals surface area contributed by atoms with Gasteiger partial charge in [-0.2, -0.15) is 0 Å². The molecule has 0 fully saturated rings. The van der Waals surface area contributed by atoms with Crippen molar-refractivity contribution in [1.82, 2.24) is 9.38 Å². The van der Waals surface area contributed by atoms with Crippen LogP contribution < -0.4 is 5.73 Å². The molecule has 3 aromatic rings. The Labute approximate surface area is 120 Å². The summed E-state index contributed by atoms with van der Waals surface area (Å²) in [7, 11) is 0. The molecular weight excluding hydrogens is 314 g/mol. The van der Waals surface area contributed by atoms with Gasteiger partial charge in [-0.3, -0.25) is 0 Å². The van der Waals surface area contributed by atoms with Gasteiger partial charge in [0, 0.05) is 23.0 Å². The minimum Gasteiger partial charge on any atom is -0.396 e. The molecule has 3 rings (SSSR count). The van der Waals surface area contributed by atoms with Crippen LogP contribution in [-0.2, 0) is 0 Å². The molecule has 0 aliphatic heterocycles. The molecule has 2 N–H and O–H groups in total. The number of nitrogens with zero attached hydrogens (tertiary/aromatic N) is 2. The second-order valence-corrected chi connectivity index (χ2v) is 4.26. The van der Waals surface area contributed by atoms with Crippen molar-refractivity contribution in [2.75, 3.05) is 5.73 Å². The molecule has 0 bridgehead atoms. The van der Waals surface area contributed by atoms with Crippen molar-refractivity contribution >= 4 is 39.9 Å². The molecule has 92 valence electrons. The van der Waals surface area contributed by atoms with Crippen molar-refractivity contribution in [2.24, 2.45) is 0 Å². The Morgan fingerprint density at radius 3 is 2.50 bits per heavy atom. The summed E-state index contributed by atoms with van der Waals surface area (Å²) in [6, 6.07) is 11.3. The Hall–Kier alpha value is -1.52. The fourth-order valence-corrected chi connectivity index (χ4v) is 1.92. The monoisotopic (exact) mass is 323 g/mol. The Kier molecular flexibility index (Phi) is 3.59. The van der Waals surface area contributed by atoms with E-state index in [2.05, 4.69) is 4.98 Å². The number of fused-ring (bicyclic) bond motifs is 1. The van der Waals surface area contributed by atoms with Crippen molar-refractivity contribution in [1.29, 1.82) is 0 Å². The molecule has 1 aromatic carbocycles. The molecule has 18 heavy (non-hydrogen) atoms. The van der Waals surface area contributed by atoms with Crippen LogP contribution in [0.15, 0.2) is 48.8 Å². The van der Waals surface area contributed by atoms with E-state index in [0.717, 1.165) is 21.9 Å². The maximum atomic E-state index is 5.87. The van der Waals surface area contributed by atoms with Crippen LogP contribution in [0, 0.1) is 0 Å². The number of halogens is 2. The maximum absolute atomic E-state index is 5.87. The highest BCUT2D eigenvalue weighted by molar-refractivity contribution is 8.93. The van der Waals surface area contributed by atoms with Crippen LogP contribution in [0.1, 0.15) is 0 Å². The van der Waals surface area contributed by atoms with Gasteiger partial charge in [-0.15, -0.1) is 17.0 Å². The fraction of sp³-hybridized carbons (Fsp3) is 0. The lowest BCUT2D eigenvalue weighted by molar-refractivity contribution is 1.19. The van der Waals surface area contributed by atoms with Gasteiger partial charge < -0.3 is 10.1 Å². The van der Waals surface area contributed by atoms with Crippen LogP contribution in [0.2, 0.25) is 5.02 Å². The number of aromatic nitrogens is 2. The van der Waals surface area contributed by atoms with E-state index in [1.165, 1.54) is 0 Å². The molecule has 0 atom stereocenters. The number of benzene rings is 1. The third kappa shape index (κ3) is 2.21. The highest BCUT2D eigenvalue weighted by atomic mass is 79.9. The van der Waals surface area contributed by atoms with Crippen LogP contribution in [0.5, 0.6) is 0 Å². The minimum atomic E-state index is 0. The number of imidazole rings is 1. The molecule has 0 aliphatic carbocycles. The molecule has 0 aliphatic rings. The van der Waals surface area contributed by atoms with Crippen molar-refractivity contribution in [3.05, 3.63) is 53.8 Å². The predicted molar refractivity (Wildman–Crippen MR) is 80.4 cm³/mol. The molecule has 0 spiro atoms. The summed E-state index contributed by atoms with van der Waals surface area (Å²) in [6.45, 7) is 0. The number of pyridine rings is 1. The molecule has 2 heterocycles. The van der Waals surface area contributed by atoms with Gasteiger partial charge in [-0.1, -0.05) is 23.7 Å². The molecule has 5 heteroatoms. The summed E-state index contributed by atoms with van der Waals surface area (Å²) < 4.78 is 1.92. The van der Waals surface area contributed by atoms with E-state index in [1.54, 1.807) is 0 Å². The zero-order valence-electron chi connectivity index (χ0n) is 9.38. The zero-order valence-corrected chi connectivity index (χ0v) is 11.8. The highest BCUT2D eigenvalue weighted by Crippen LogP contribution is 2.22. The average molecular weight is 325 g/mol. The van der Waals surface area contributed by atoms with Gasteiger partial charge in [0.2, 0.25) is 0 Å².